The summed E-state index contributed by atoms with van der Waals surface area (Å²) in [6.45, 7) is 9.03. The predicted octanol–water partition coefficient (Wildman–Crippen LogP) is 5.80. The molecule has 0 bridgehead atoms. The molecule has 1 N–H and O–H groups in total. The van der Waals surface area contributed by atoms with Crippen LogP contribution in [0.5, 0.6) is 0 Å². The highest BCUT2D eigenvalue weighted by Gasteiger charge is 2.39. The Morgan fingerprint density at radius 2 is 1.97 bits per heavy atom. The summed E-state index contributed by atoms with van der Waals surface area (Å²) in [5.41, 5.74) is 8.80. The topological polar surface area (TPSA) is 84.6 Å². The van der Waals surface area contributed by atoms with E-state index in [4.69, 9.17) is 14.8 Å². The first-order chi connectivity index (χ1) is 17.7. The molecule has 37 heavy (non-hydrogen) atoms. The summed E-state index contributed by atoms with van der Waals surface area (Å²) in [7, 11) is 4.00. The molecule has 7 nitrogen and oxygen atoms in total. The van der Waals surface area contributed by atoms with Gasteiger partial charge in [-0.25, -0.2) is 4.98 Å². The number of rotatable bonds is 1. The normalized spacial score (nSPS) is 18.5. The molecule has 0 amide bonds. The second-order valence-corrected chi connectivity index (χ2v) is 11.6. The van der Waals surface area contributed by atoms with E-state index >= 15 is 0 Å². The fourth-order valence-corrected chi connectivity index (χ4v) is 6.45. The van der Waals surface area contributed by atoms with Crippen LogP contribution in [0.3, 0.4) is 0 Å². The molecule has 0 saturated heterocycles. The number of nitriles is 1. The Morgan fingerprint density at radius 1 is 1.16 bits per heavy atom. The van der Waals surface area contributed by atoms with Gasteiger partial charge in [0.2, 0.25) is 0 Å². The van der Waals surface area contributed by atoms with Gasteiger partial charge in [0.15, 0.2) is 16.7 Å². The van der Waals surface area contributed by atoms with Crippen LogP contribution in [0, 0.1) is 16.7 Å². The van der Waals surface area contributed by atoms with Gasteiger partial charge in [-0.3, -0.25) is 9.81 Å². The minimum atomic E-state index is -0.0560. The van der Waals surface area contributed by atoms with Crippen LogP contribution < -0.4 is 15.3 Å². The number of imidazole rings is 1. The van der Waals surface area contributed by atoms with Crippen molar-refractivity contribution in [3.63, 3.8) is 0 Å². The van der Waals surface area contributed by atoms with Crippen molar-refractivity contribution in [1.29, 1.82) is 10.7 Å². The molecule has 2 aromatic carbocycles. The van der Waals surface area contributed by atoms with E-state index in [2.05, 4.69) is 43.9 Å². The van der Waals surface area contributed by atoms with Crippen molar-refractivity contribution in [3.05, 3.63) is 52.5 Å². The quantitative estimate of drug-likeness (QED) is 0.300. The molecule has 5 aromatic rings. The smallest absolute Gasteiger partial charge is 0.160 e. The number of benzene rings is 2. The Balaban J connectivity index is 1.67. The largest absolute Gasteiger partial charge is 0.454 e. The molecule has 1 atom stereocenters. The minimum Gasteiger partial charge on any atom is -0.454 e. The van der Waals surface area contributed by atoms with Crippen molar-refractivity contribution in [2.75, 3.05) is 37.0 Å². The Hall–Kier alpha value is -4.05. The van der Waals surface area contributed by atoms with E-state index in [0.29, 0.717) is 17.1 Å². The highest BCUT2D eigenvalue weighted by Crippen LogP contribution is 2.50. The summed E-state index contributed by atoms with van der Waals surface area (Å²) in [4.78, 5) is 9.52. The maximum atomic E-state index is 10.2. The molecule has 0 fully saturated rings. The van der Waals surface area contributed by atoms with Crippen molar-refractivity contribution >= 4 is 50.0 Å². The molecular weight excluding hydrogens is 460 g/mol. The molecule has 7 heteroatoms. The highest BCUT2D eigenvalue weighted by atomic mass is 16.3. The average molecular weight is 491 g/mol. The first kappa shape index (κ1) is 22.2. The van der Waals surface area contributed by atoms with Crippen molar-refractivity contribution in [2.45, 2.75) is 44.9 Å². The van der Waals surface area contributed by atoms with Crippen LogP contribution in [0.1, 0.15) is 56.2 Å². The van der Waals surface area contributed by atoms with Crippen molar-refractivity contribution in [2.24, 2.45) is 0 Å². The van der Waals surface area contributed by atoms with E-state index in [1.54, 1.807) is 4.40 Å². The third-order valence-corrected chi connectivity index (χ3v) is 8.62. The Morgan fingerprint density at radius 3 is 2.73 bits per heavy atom. The average Bonchev–Trinajstić information content (AvgIpc) is 3.26. The molecular formula is C30H30N6O. The minimum absolute atomic E-state index is 0.0560. The Labute approximate surface area is 215 Å². The summed E-state index contributed by atoms with van der Waals surface area (Å²) in [6.07, 6.45) is 2.20. The second-order valence-electron chi connectivity index (χ2n) is 11.6. The first-order valence-corrected chi connectivity index (χ1v) is 13.0. The number of nitrogens with one attached hydrogen (secondary N) is 1. The van der Waals surface area contributed by atoms with Crippen LogP contribution >= 0.6 is 0 Å². The van der Waals surface area contributed by atoms with Gasteiger partial charge in [-0.05, 0) is 60.1 Å². The van der Waals surface area contributed by atoms with E-state index in [0.717, 1.165) is 59.0 Å². The summed E-state index contributed by atoms with van der Waals surface area (Å²) < 4.78 is 8.51. The number of nitrogens with zero attached hydrogens (tertiary/aromatic N) is 5. The van der Waals surface area contributed by atoms with Gasteiger partial charge in [-0.15, -0.1) is 0 Å². The SMILES string of the molecule is CC1CCN2CCC(C)(C)c3c2c1cc1cc2c(oc31)c(C#N)c(=N)n1c3ccc(N(C)C)cc3nc21. The summed E-state index contributed by atoms with van der Waals surface area (Å²) in [6, 6.07) is 12.7. The van der Waals surface area contributed by atoms with Gasteiger partial charge >= 0.3 is 0 Å². The molecule has 2 aliphatic rings. The zero-order chi connectivity index (χ0) is 25.8. The molecule has 0 radical (unpaired) electrons. The fraction of sp³-hybridized carbons (Fsp3) is 0.367. The van der Waals surface area contributed by atoms with Gasteiger partial charge in [0.25, 0.3) is 0 Å². The molecule has 7 rings (SSSR count). The van der Waals surface area contributed by atoms with Crippen LogP contribution in [0.15, 0.2) is 34.7 Å². The Bertz CT molecular complexity index is 1900. The van der Waals surface area contributed by atoms with Crippen LogP contribution in [-0.2, 0) is 5.41 Å². The molecule has 3 aromatic heterocycles. The zero-order valence-electron chi connectivity index (χ0n) is 21.9. The van der Waals surface area contributed by atoms with Gasteiger partial charge in [-0.1, -0.05) is 20.8 Å². The zero-order valence-corrected chi connectivity index (χ0v) is 21.9. The van der Waals surface area contributed by atoms with E-state index in [-0.39, 0.29) is 16.5 Å². The van der Waals surface area contributed by atoms with Crippen LogP contribution in [0.2, 0.25) is 0 Å². The lowest BCUT2D eigenvalue weighted by molar-refractivity contribution is 0.435. The summed E-state index contributed by atoms with van der Waals surface area (Å²) in [5, 5.41) is 21.0. The van der Waals surface area contributed by atoms with Gasteiger partial charge < -0.3 is 14.2 Å². The third kappa shape index (κ3) is 2.87. The lowest BCUT2D eigenvalue weighted by Crippen LogP contribution is -2.41. The summed E-state index contributed by atoms with van der Waals surface area (Å²) >= 11 is 0. The van der Waals surface area contributed by atoms with E-state index in [1.165, 1.54) is 16.8 Å². The van der Waals surface area contributed by atoms with Crippen LogP contribution in [0.4, 0.5) is 11.4 Å². The summed E-state index contributed by atoms with van der Waals surface area (Å²) in [5.74, 6) is 0.475. The predicted molar refractivity (Wildman–Crippen MR) is 148 cm³/mol. The lowest BCUT2D eigenvalue weighted by Gasteiger charge is -2.45. The van der Waals surface area contributed by atoms with Crippen molar-refractivity contribution in [3.8, 4) is 6.07 Å². The lowest BCUT2D eigenvalue weighted by atomic mass is 9.73. The number of hydrogen-bond donors (Lipinski definition) is 1. The third-order valence-electron chi connectivity index (χ3n) is 8.62. The molecule has 5 heterocycles. The first-order valence-electron chi connectivity index (χ1n) is 13.0. The molecule has 2 aliphatic heterocycles. The van der Waals surface area contributed by atoms with E-state index < -0.39 is 0 Å². The fourth-order valence-electron chi connectivity index (χ4n) is 6.45. The number of fused-ring (bicyclic) bond motifs is 7. The van der Waals surface area contributed by atoms with Crippen molar-refractivity contribution in [1.82, 2.24) is 9.38 Å². The van der Waals surface area contributed by atoms with Crippen molar-refractivity contribution < 1.29 is 4.42 Å². The van der Waals surface area contributed by atoms with Crippen LogP contribution in [0.25, 0.3) is 38.6 Å². The molecule has 0 spiro atoms. The maximum absolute atomic E-state index is 10.2. The molecule has 186 valence electrons. The standard InChI is InChI=1S/C30H30N6O/c1-16-8-10-35-11-9-30(2,3)24-25(35)19(16)12-17-13-20-27(37-26(17)24)21(15-31)28(32)36-23-7-6-18(34(4)5)14-22(23)33-29(20)36/h6-7,12-14,16,32H,8-11H2,1-5H3. The van der Waals surface area contributed by atoms with Gasteiger partial charge in [0, 0.05) is 49.5 Å². The Kier molecular flexibility index (Phi) is 4.35. The van der Waals surface area contributed by atoms with Gasteiger partial charge in [0.05, 0.1) is 16.4 Å². The number of anilines is 2. The van der Waals surface area contributed by atoms with E-state index in [9.17, 15) is 5.26 Å². The van der Waals surface area contributed by atoms with E-state index in [1.807, 2.05) is 37.2 Å². The van der Waals surface area contributed by atoms with Gasteiger partial charge in [-0.2, -0.15) is 5.26 Å². The molecule has 0 aliphatic carbocycles. The number of hydrogen-bond acceptors (Lipinski definition) is 6. The number of pyridine rings is 1. The highest BCUT2D eigenvalue weighted by molar-refractivity contribution is 6.04. The number of aromatic nitrogens is 2. The van der Waals surface area contributed by atoms with Gasteiger partial charge in [0.1, 0.15) is 17.2 Å². The molecule has 1 unspecified atom stereocenters. The molecule has 0 saturated carbocycles. The van der Waals surface area contributed by atoms with Crippen LogP contribution in [-0.4, -0.2) is 36.6 Å². The second kappa shape index (κ2) is 7.25. The maximum Gasteiger partial charge on any atom is 0.160 e. The monoisotopic (exact) mass is 490 g/mol.